The van der Waals surface area contributed by atoms with Gasteiger partial charge in [-0.05, 0) is 31.6 Å². The van der Waals surface area contributed by atoms with E-state index in [-0.39, 0.29) is 18.7 Å². The van der Waals surface area contributed by atoms with Crippen molar-refractivity contribution < 1.29 is 9.84 Å². The summed E-state index contributed by atoms with van der Waals surface area (Å²) in [4.78, 5) is 2.35. The molecule has 1 aliphatic heterocycles. The minimum Gasteiger partial charge on any atom is -0.395 e. The molecular weight excluding hydrogens is 204 g/mol. The molecule has 4 heteroatoms. The summed E-state index contributed by atoms with van der Waals surface area (Å²) < 4.78 is 5.35. The Labute approximate surface area is 97.7 Å². The third-order valence-corrected chi connectivity index (χ3v) is 4.08. The molecule has 0 aromatic carbocycles. The van der Waals surface area contributed by atoms with Crippen LogP contribution in [0.5, 0.6) is 0 Å². The Kier molecular flexibility index (Phi) is 4.19. The molecule has 2 rings (SSSR count). The zero-order valence-electron chi connectivity index (χ0n) is 10.1. The monoisotopic (exact) mass is 228 g/mol. The number of nitrogens with two attached hydrogens (primary N) is 1. The second-order valence-corrected chi connectivity index (χ2v) is 5.14. The smallest absolute Gasteiger partial charge is 0.0602 e. The van der Waals surface area contributed by atoms with E-state index in [1.165, 1.54) is 12.8 Å². The second kappa shape index (κ2) is 5.45. The molecule has 2 unspecified atom stereocenters. The van der Waals surface area contributed by atoms with E-state index in [4.69, 9.17) is 10.5 Å². The Hall–Kier alpha value is -0.160. The van der Waals surface area contributed by atoms with Gasteiger partial charge in [-0.25, -0.2) is 0 Å². The number of rotatable bonds is 5. The van der Waals surface area contributed by atoms with E-state index in [1.807, 2.05) is 0 Å². The average molecular weight is 228 g/mol. The van der Waals surface area contributed by atoms with Crippen LogP contribution in [0.3, 0.4) is 0 Å². The van der Waals surface area contributed by atoms with Gasteiger partial charge in [0.2, 0.25) is 0 Å². The maximum atomic E-state index is 9.50. The fraction of sp³-hybridized carbons (Fsp3) is 1.00. The molecule has 3 N–H and O–H groups in total. The van der Waals surface area contributed by atoms with Crippen molar-refractivity contribution in [3.63, 3.8) is 0 Å². The van der Waals surface area contributed by atoms with E-state index in [1.54, 1.807) is 7.11 Å². The maximum absolute atomic E-state index is 9.50. The SMILES string of the molecule is COC1CCN(C(CO)C(N)C2CC2)CC1. The largest absolute Gasteiger partial charge is 0.395 e. The first-order chi connectivity index (χ1) is 7.76. The van der Waals surface area contributed by atoms with Gasteiger partial charge in [-0.3, -0.25) is 4.90 Å². The fourth-order valence-electron chi connectivity index (χ4n) is 2.72. The number of likely N-dealkylation sites (tertiary alicyclic amines) is 1. The molecule has 4 nitrogen and oxygen atoms in total. The standard InChI is InChI=1S/C12H24N2O2/c1-16-10-4-6-14(7-5-10)11(8-15)12(13)9-2-3-9/h9-12,15H,2-8,13H2,1H3. The van der Waals surface area contributed by atoms with E-state index in [2.05, 4.69) is 4.90 Å². The Bertz CT molecular complexity index is 213. The topological polar surface area (TPSA) is 58.7 Å². The Balaban J connectivity index is 1.84. The molecule has 0 aromatic heterocycles. The normalized spacial score (nSPS) is 27.9. The summed E-state index contributed by atoms with van der Waals surface area (Å²) in [6.07, 6.45) is 5.00. The molecule has 0 radical (unpaired) electrons. The van der Waals surface area contributed by atoms with Crippen LogP contribution < -0.4 is 5.73 Å². The second-order valence-electron chi connectivity index (χ2n) is 5.14. The number of aliphatic hydroxyl groups is 1. The quantitative estimate of drug-likeness (QED) is 0.705. The van der Waals surface area contributed by atoms with Crippen molar-refractivity contribution >= 4 is 0 Å². The molecule has 1 saturated heterocycles. The highest BCUT2D eigenvalue weighted by atomic mass is 16.5. The highest BCUT2D eigenvalue weighted by Crippen LogP contribution is 2.34. The van der Waals surface area contributed by atoms with Crippen molar-refractivity contribution in [1.29, 1.82) is 0 Å². The molecule has 2 atom stereocenters. The Morgan fingerprint density at radius 1 is 1.31 bits per heavy atom. The first kappa shape index (κ1) is 12.3. The summed E-state index contributed by atoms with van der Waals surface area (Å²) in [5.74, 6) is 0.650. The highest BCUT2D eigenvalue weighted by molar-refractivity contribution is 4.94. The van der Waals surface area contributed by atoms with Crippen LogP contribution in [0.1, 0.15) is 25.7 Å². The number of ether oxygens (including phenoxy) is 1. The summed E-state index contributed by atoms with van der Waals surface area (Å²) in [7, 11) is 1.78. The van der Waals surface area contributed by atoms with Gasteiger partial charge >= 0.3 is 0 Å². The van der Waals surface area contributed by atoms with Crippen LogP contribution in [0.15, 0.2) is 0 Å². The number of hydrogen-bond donors (Lipinski definition) is 2. The fourth-order valence-corrected chi connectivity index (χ4v) is 2.72. The first-order valence-electron chi connectivity index (χ1n) is 6.39. The van der Waals surface area contributed by atoms with Gasteiger partial charge in [-0.1, -0.05) is 0 Å². The van der Waals surface area contributed by atoms with Crippen molar-refractivity contribution in [1.82, 2.24) is 4.90 Å². The lowest BCUT2D eigenvalue weighted by Gasteiger charge is -2.39. The van der Waals surface area contributed by atoms with Gasteiger partial charge in [-0.15, -0.1) is 0 Å². The van der Waals surface area contributed by atoms with Crippen molar-refractivity contribution in [2.75, 3.05) is 26.8 Å². The van der Waals surface area contributed by atoms with E-state index in [0.717, 1.165) is 25.9 Å². The van der Waals surface area contributed by atoms with Gasteiger partial charge < -0.3 is 15.6 Å². The average Bonchev–Trinajstić information content (AvgIpc) is 3.14. The molecule has 1 aliphatic carbocycles. The van der Waals surface area contributed by atoms with Crippen molar-refractivity contribution in [2.24, 2.45) is 11.7 Å². The zero-order chi connectivity index (χ0) is 11.5. The predicted octanol–water partition coefficient (Wildman–Crippen LogP) is 0.195. The number of aliphatic hydroxyl groups excluding tert-OH is 1. The van der Waals surface area contributed by atoms with E-state index in [0.29, 0.717) is 12.0 Å². The van der Waals surface area contributed by atoms with Crippen LogP contribution in [-0.4, -0.2) is 55.0 Å². The van der Waals surface area contributed by atoms with Crippen molar-refractivity contribution in [3.8, 4) is 0 Å². The van der Waals surface area contributed by atoms with Crippen LogP contribution in [-0.2, 0) is 4.74 Å². The molecule has 0 aromatic rings. The number of piperidine rings is 1. The lowest BCUT2D eigenvalue weighted by Crippen LogP contribution is -2.54. The summed E-state index contributed by atoms with van der Waals surface area (Å²) in [5.41, 5.74) is 6.20. The van der Waals surface area contributed by atoms with Crippen molar-refractivity contribution in [3.05, 3.63) is 0 Å². The molecule has 2 fully saturated rings. The molecule has 0 spiro atoms. The van der Waals surface area contributed by atoms with Crippen LogP contribution >= 0.6 is 0 Å². The van der Waals surface area contributed by atoms with E-state index in [9.17, 15) is 5.11 Å². The lowest BCUT2D eigenvalue weighted by molar-refractivity contribution is 0.00904. The van der Waals surface area contributed by atoms with Crippen molar-refractivity contribution in [2.45, 2.75) is 43.9 Å². The van der Waals surface area contributed by atoms with Gasteiger partial charge in [0.1, 0.15) is 0 Å². The van der Waals surface area contributed by atoms with Gasteiger partial charge in [0.05, 0.1) is 12.7 Å². The third kappa shape index (κ3) is 2.74. The lowest BCUT2D eigenvalue weighted by atomic mass is 9.99. The van der Waals surface area contributed by atoms with Gasteiger partial charge in [-0.2, -0.15) is 0 Å². The molecule has 0 amide bonds. The summed E-state index contributed by atoms with van der Waals surface area (Å²) in [6.45, 7) is 2.20. The number of nitrogens with zero attached hydrogens (tertiary/aromatic N) is 1. The van der Waals surface area contributed by atoms with E-state index < -0.39 is 0 Å². The van der Waals surface area contributed by atoms with Gasteiger partial charge in [0, 0.05) is 32.3 Å². The van der Waals surface area contributed by atoms with Crippen LogP contribution in [0, 0.1) is 5.92 Å². The Morgan fingerprint density at radius 2 is 1.94 bits per heavy atom. The minimum absolute atomic E-state index is 0.157. The summed E-state index contributed by atoms with van der Waals surface area (Å²) in [6, 6.07) is 0.314. The molecule has 0 bridgehead atoms. The van der Waals surface area contributed by atoms with E-state index >= 15 is 0 Å². The molecule has 1 saturated carbocycles. The molecular formula is C12H24N2O2. The summed E-state index contributed by atoms with van der Waals surface area (Å²) in [5, 5.41) is 9.50. The maximum Gasteiger partial charge on any atom is 0.0602 e. The third-order valence-electron chi connectivity index (χ3n) is 4.08. The molecule has 1 heterocycles. The van der Waals surface area contributed by atoms with Crippen LogP contribution in [0.25, 0.3) is 0 Å². The summed E-state index contributed by atoms with van der Waals surface area (Å²) >= 11 is 0. The minimum atomic E-state index is 0.157. The molecule has 94 valence electrons. The van der Waals surface area contributed by atoms with Gasteiger partial charge in [0.25, 0.3) is 0 Å². The number of methoxy groups -OCH3 is 1. The highest BCUT2D eigenvalue weighted by Gasteiger charge is 2.37. The predicted molar refractivity (Wildman–Crippen MR) is 63.2 cm³/mol. The Morgan fingerprint density at radius 3 is 2.38 bits per heavy atom. The van der Waals surface area contributed by atoms with Crippen LogP contribution in [0.4, 0.5) is 0 Å². The molecule has 2 aliphatic rings. The zero-order valence-corrected chi connectivity index (χ0v) is 10.1. The number of hydrogen-bond acceptors (Lipinski definition) is 4. The molecule has 16 heavy (non-hydrogen) atoms. The first-order valence-corrected chi connectivity index (χ1v) is 6.39. The van der Waals surface area contributed by atoms with Crippen LogP contribution in [0.2, 0.25) is 0 Å². The van der Waals surface area contributed by atoms with Gasteiger partial charge in [0.15, 0.2) is 0 Å².